The van der Waals surface area contributed by atoms with Crippen molar-refractivity contribution in [2.45, 2.75) is 39.3 Å². The molecule has 1 aliphatic heterocycles. The first-order valence-electron chi connectivity index (χ1n) is 7.18. The van der Waals surface area contributed by atoms with Crippen molar-refractivity contribution in [2.24, 2.45) is 5.92 Å². The predicted molar refractivity (Wildman–Crippen MR) is 80.4 cm³/mol. The molecule has 19 heavy (non-hydrogen) atoms. The lowest BCUT2D eigenvalue weighted by molar-refractivity contribution is 0.238. The standard InChI is InChI=1S/C16H26N2O/c1-16(2,3)17-10-14-6-4-5-7-15(14)18-9-8-13(11-18)12-19/h4-7,13,17,19H,8-12H2,1-3H3. The maximum absolute atomic E-state index is 9.27. The fourth-order valence-electron chi connectivity index (χ4n) is 2.53. The van der Waals surface area contributed by atoms with Crippen LogP contribution in [-0.2, 0) is 6.54 Å². The van der Waals surface area contributed by atoms with Crippen molar-refractivity contribution in [1.29, 1.82) is 0 Å². The Bertz CT molecular complexity index is 411. The van der Waals surface area contributed by atoms with E-state index in [2.05, 4.69) is 55.3 Å². The first kappa shape index (κ1) is 14.4. The Balaban J connectivity index is 2.08. The summed E-state index contributed by atoms with van der Waals surface area (Å²) < 4.78 is 0. The molecule has 3 nitrogen and oxygen atoms in total. The number of benzene rings is 1. The molecular formula is C16H26N2O. The van der Waals surface area contributed by atoms with Gasteiger partial charge in [-0.1, -0.05) is 18.2 Å². The fraction of sp³-hybridized carbons (Fsp3) is 0.625. The number of para-hydroxylation sites is 1. The average molecular weight is 262 g/mol. The first-order chi connectivity index (χ1) is 8.99. The molecule has 0 aromatic heterocycles. The highest BCUT2D eigenvalue weighted by atomic mass is 16.3. The summed E-state index contributed by atoms with van der Waals surface area (Å²) in [5.41, 5.74) is 2.79. The lowest BCUT2D eigenvalue weighted by Gasteiger charge is -2.25. The van der Waals surface area contributed by atoms with Crippen LogP contribution in [0.5, 0.6) is 0 Å². The largest absolute Gasteiger partial charge is 0.396 e. The number of nitrogens with one attached hydrogen (secondary N) is 1. The van der Waals surface area contributed by atoms with Crippen LogP contribution in [0.3, 0.4) is 0 Å². The predicted octanol–water partition coefficient (Wildman–Crippen LogP) is 2.39. The Morgan fingerprint density at radius 1 is 1.32 bits per heavy atom. The molecule has 2 rings (SSSR count). The molecule has 1 aromatic carbocycles. The molecule has 1 aliphatic rings. The van der Waals surface area contributed by atoms with E-state index in [1.165, 1.54) is 11.3 Å². The van der Waals surface area contributed by atoms with E-state index in [1.54, 1.807) is 0 Å². The monoisotopic (exact) mass is 262 g/mol. The second-order valence-corrected chi connectivity index (χ2v) is 6.52. The van der Waals surface area contributed by atoms with Gasteiger partial charge >= 0.3 is 0 Å². The molecule has 0 bridgehead atoms. The zero-order chi connectivity index (χ0) is 13.9. The van der Waals surface area contributed by atoms with Gasteiger partial charge in [-0.25, -0.2) is 0 Å². The number of aliphatic hydroxyl groups excluding tert-OH is 1. The van der Waals surface area contributed by atoms with Crippen LogP contribution in [0.1, 0.15) is 32.8 Å². The summed E-state index contributed by atoms with van der Waals surface area (Å²) in [7, 11) is 0. The summed E-state index contributed by atoms with van der Waals surface area (Å²) in [5, 5.41) is 12.8. The van der Waals surface area contributed by atoms with Crippen LogP contribution in [0.2, 0.25) is 0 Å². The van der Waals surface area contributed by atoms with Gasteiger partial charge in [0.1, 0.15) is 0 Å². The van der Waals surface area contributed by atoms with E-state index in [1.807, 2.05) is 0 Å². The Labute approximate surface area is 116 Å². The summed E-state index contributed by atoms with van der Waals surface area (Å²) >= 11 is 0. The Hall–Kier alpha value is -1.06. The van der Waals surface area contributed by atoms with Gasteiger partial charge in [-0.3, -0.25) is 0 Å². The van der Waals surface area contributed by atoms with Crippen molar-refractivity contribution in [3.05, 3.63) is 29.8 Å². The number of aliphatic hydroxyl groups is 1. The molecule has 106 valence electrons. The topological polar surface area (TPSA) is 35.5 Å². The normalized spacial score (nSPS) is 20.0. The van der Waals surface area contributed by atoms with Crippen LogP contribution >= 0.6 is 0 Å². The third-order valence-electron chi connectivity index (χ3n) is 3.69. The van der Waals surface area contributed by atoms with Crippen LogP contribution in [0.15, 0.2) is 24.3 Å². The van der Waals surface area contributed by atoms with Crippen molar-refractivity contribution in [3.63, 3.8) is 0 Å². The third-order valence-corrected chi connectivity index (χ3v) is 3.69. The van der Waals surface area contributed by atoms with Gasteiger partial charge in [0.15, 0.2) is 0 Å². The minimum absolute atomic E-state index is 0.131. The Morgan fingerprint density at radius 3 is 2.68 bits per heavy atom. The summed E-state index contributed by atoms with van der Waals surface area (Å²) in [6, 6.07) is 8.59. The molecule has 1 atom stereocenters. The first-order valence-corrected chi connectivity index (χ1v) is 7.18. The minimum Gasteiger partial charge on any atom is -0.396 e. The molecule has 3 heteroatoms. The summed E-state index contributed by atoms with van der Waals surface area (Å²) in [5.74, 6) is 0.434. The molecule has 1 unspecified atom stereocenters. The smallest absolute Gasteiger partial charge is 0.0476 e. The summed E-state index contributed by atoms with van der Waals surface area (Å²) in [4.78, 5) is 2.40. The van der Waals surface area contributed by atoms with E-state index in [0.717, 1.165) is 26.1 Å². The fourth-order valence-corrected chi connectivity index (χ4v) is 2.53. The molecular weight excluding hydrogens is 236 g/mol. The quantitative estimate of drug-likeness (QED) is 0.874. The molecule has 0 spiro atoms. The van der Waals surface area contributed by atoms with Gasteiger partial charge in [0, 0.05) is 43.4 Å². The highest BCUT2D eigenvalue weighted by Gasteiger charge is 2.23. The van der Waals surface area contributed by atoms with Crippen molar-refractivity contribution in [2.75, 3.05) is 24.6 Å². The van der Waals surface area contributed by atoms with Gasteiger partial charge in [0.05, 0.1) is 0 Å². The SMILES string of the molecule is CC(C)(C)NCc1ccccc1N1CCC(CO)C1. The van der Waals surface area contributed by atoms with Crippen molar-refractivity contribution < 1.29 is 5.11 Å². The van der Waals surface area contributed by atoms with Crippen molar-refractivity contribution in [3.8, 4) is 0 Å². The zero-order valence-corrected chi connectivity index (χ0v) is 12.3. The number of rotatable bonds is 4. The van der Waals surface area contributed by atoms with E-state index in [4.69, 9.17) is 0 Å². The van der Waals surface area contributed by atoms with Gasteiger partial charge < -0.3 is 15.3 Å². The molecule has 1 saturated heterocycles. The van der Waals surface area contributed by atoms with Crippen molar-refractivity contribution >= 4 is 5.69 Å². The molecule has 1 aromatic rings. The Kier molecular flexibility index (Phi) is 4.48. The van der Waals surface area contributed by atoms with Gasteiger partial charge in [0.25, 0.3) is 0 Å². The van der Waals surface area contributed by atoms with Crippen LogP contribution in [0.4, 0.5) is 5.69 Å². The zero-order valence-electron chi connectivity index (χ0n) is 12.3. The molecule has 1 heterocycles. The maximum atomic E-state index is 9.27. The summed E-state index contributed by atoms with van der Waals surface area (Å²) in [6.45, 7) is 9.79. The second-order valence-electron chi connectivity index (χ2n) is 6.52. The maximum Gasteiger partial charge on any atom is 0.0476 e. The van der Waals surface area contributed by atoms with Crippen LogP contribution in [0, 0.1) is 5.92 Å². The van der Waals surface area contributed by atoms with Crippen LogP contribution in [0.25, 0.3) is 0 Å². The highest BCUT2D eigenvalue weighted by molar-refractivity contribution is 5.54. The van der Waals surface area contributed by atoms with Crippen LogP contribution in [-0.4, -0.2) is 30.3 Å². The number of hydrogen-bond donors (Lipinski definition) is 2. The van der Waals surface area contributed by atoms with E-state index < -0.39 is 0 Å². The van der Waals surface area contributed by atoms with E-state index in [-0.39, 0.29) is 5.54 Å². The van der Waals surface area contributed by atoms with Crippen molar-refractivity contribution in [1.82, 2.24) is 5.32 Å². The summed E-state index contributed by atoms with van der Waals surface area (Å²) in [6.07, 6.45) is 1.09. The molecule has 2 N–H and O–H groups in total. The molecule has 0 aliphatic carbocycles. The highest BCUT2D eigenvalue weighted by Crippen LogP contribution is 2.27. The lowest BCUT2D eigenvalue weighted by atomic mass is 10.1. The van der Waals surface area contributed by atoms with Gasteiger partial charge in [-0.15, -0.1) is 0 Å². The molecule has 0 radical (unpaired) electrons. The minimum atomic E-state index is 0.131. The van der Waals surface area contributed by atoms with Gasteiger partial charge in [0.2, 0.25) is 0 Å². The third kappa shape index (κ3) is 3.95. The molecule has 0 saturated carbocycles. The Morgan fingerprint density at radius 2 is 2.05 bits per heavy atom. The molecule has 1 fully saturated rings. The van der Waals surface area contributed by atoms with Gasteiger partial charge in [-0.05, 0) is 38.8 Å². The van der Waals surface area contributed by atoms with E-state index in [0.29, 0.717) is 12.5 Å². The van der Waals surface area contributed by atoms with E-state index in [9.17, 15) is 5.11 Å². The number of hydrogen-bond acceptors (Lipinski definition) is 3. The van der Waals surface area contributed by atoms with E-state index >= 15 is 0 Å². The number of nitrogens with zero attached hydrogens (tertiary/aromatic N) is 1. The number of anilines is 1. The molecule has 0 amide bonds. The average Bonchev–Trinajstić information content (AvgIpc) is 2.84. The second kappa shape index (κ2) is 5.93. The van der Waals surface area contributed by atoms with Gasteiger partial charge in [-0.2, -0.15) is 0 Å². The van der Waals surface area contributed by atoms with Crippen LogP contribution < -0.4 is 10.2 Å². The lowest BCUT2D eigenvalue weighted by Crippen LogP contribution is -2.35.